The van der Waals surface area contributed by atoms with Gasteiger partial charge in [-0.25, -0.2) is 4.79 Å². The van der Waals surface area contributed by atoms with Crippen LogP contribution in [0.1, 0.15) is 46.0 Å². The molecule has 0 aliphatic carbocycles. The second-order valence-corrected chi connectivity index (χ2v) is 7.83. The van der Waals surface area contributed by atoms with Crippen LogP contribution in [-0.2, 0) is 33.6 Å². The molecule has 0 radical (unpaired) electrons. The van der Waals surface area contributed by atoms with E-state index in [1.165, 1.54) is 0 Å². The Balaban J connectivity index is 5.66. The number of amides is 4. The molecule has 34 heavy (non-hydrogen) atoms. The van der Waals surface area contributed by atoms with Gasteiger partial charge in [0.2, 0.25) is 23.6 Å². The lowest BCUT2D eigenvalue weighted by atomic mass is 10.0. The summed E-state index contributed by atoms with van der Waals surface area (Å²) in [4.78, 5) is 81.8. The highest BCUT2D eigenvalue weighted by Gasteiger charge is 2.31. The lowest BCUT2D eigenvalue weighted by Gasteiger charge is -2.25. The normalized spacial score (nSPS) is 14.2. The van der Waals surface area contributed by atoms with E-state index in [9.17, 15) is 33.6 Å². The van der Waals surface area contributed by atoms with Crippen LogP contribution in [0.2, 0.25) is 0 Å². The Bertz CT molecular complexity index is 800. The van der Waals surface area contributed by atoms with Gasteiger partial charge in [-0.3, -0.25) is 28.8 Å². The molecule has 0 spiro atoms. The summed E-state index contributed by atoms with van der Waals surface area (Å²) in [6.07, 6.45) is -2.63. The molecule has 0 saturated carbocycles. The number of hydrogen-bond acceptors (Lipinski definition) is 8. The molecule has 10 N–H and O–H groups in total. The maximum atomic E-state index is 12.8. The van der Waals surface area contributed by atoms with E-state index >= 15 is 0 Å². The third kappa shape index (κ3) is 11.8. The fourth-order valence-corrected chi connectivity index (χ4v) is 2.58. The fourth-order valence-electron chi connectivity index (χ4n) is 2.58. The SMILES string of the molecule is CC(C)C(N)C(=O)NC(CCC(N)=O)C(=O)NC(CCC(=O)O)C(=O)NC(CC(=O)O)C(=O)O. The van der Waals surface area contributed by atoms with E-state index in [0.717, 1.165) is 0 Å². The summed E-state index contributed by atoms with van der Waals surface area (Å²) in [7, 11) is 0. The Morgan fingerprint density at radius 3 is 1.53 bits per heavy atom. The van der Waals surface area contributed by atoms with Crippen LogP contribution < -0.4 is 27.4 Å². The standard InChI is InChI=1S/C19H31N5O10/c1-8(2)15(21)18(32)23-9(3-5-12(20)25)16(30)22-10(4-6-13(26)27)17(31)24-11(19(33)34)7-14(28)29/h8-11,15H,3-7,21H2,1-2H3,(H2,20,25)(H,22,30)(H,23,32)(H,24,31)(H,26,27)(H,28,29)(H,33,34). The molecule has 4 amide bonds. The number of nitrogens with one attached hydrogen (secondary N) is 3. The third-order valence-electron chi connectivity index (χ3n) is 4.61. The topological polar surface area (TPSA) is 268 Å². The molecule has 4 unspecified atom stereocenters. The number of rotatable bonds is 16. The van der Waals surface area contributed by atoms with Crippen LogP contribution >= 0.6 is 0 Å². The van der Waals surface area contributed by atoms with Crippen LogP contribution in [0.15, 0.2) is 0 Å². The maximum absolute atomic E-state index is 12.8. The van der Waals surface area contributed by atoms with Gasteiger partial charge in [0, 0.05) is 12.8 Å². The molecule has 0 aliphatic heterocycles. The lowest BCUT2D eigenvalue weighted by Crippen LogP contribution is -2.57. The number of aliphatic carboxylic acids is 3. The summed E-state index contributed by atoms with van der Waals surface area (Å²) < 4.78 is 0. The first-order chi connectivity index (χ1) is 15.6. The largest absolute Gasteiger partial charge is 0.481 e. The van der Waals surface area contributed by atoms with Crippen molar-refractivity contribution in [3.8, 4) is 0 Å². The van der Waals surface area contributed by atoms with E-state index in [1.54, 1.807) is 13.8 Å². The Morgan fingerprint density at radius 1 is 0.706 bits per heavy atom. The van der Waals surface area contributed by atoms with Gasteiger partial charge in [0.15, 0.2) is 0 Å². The van der Waals surface area contributed by atoms with Gasteiger partial charge in [0.1, 0.15) is 18.1 Å². The molecule has 0 aromatic rings. The average molecular weight is 489 g/mol. The minimum Gasteiger partial charge on any atom is -0.481 e. The Morgan fingerprint density at radius 2 is 1.15 bits per heavy atom. The molecule has 0 fully saturated rings. The highest BCUT2D eigenvalue weighted by molar-refractivity contribution is 5.95. The van der Waals surface area contributed by atoms with E-state index in [2.05, 4.69) is 10.6 Å². The van der Waals surface area contributed by atoms with E-state index in [1.807, 2.05) is 5.32 Å². The van der Waals surface area contributed by atoms with Gasteiger partial charge in [-0.15, -0.1) is 0 Å². The van der Waals surface area contributed by atoms with Crippen molar-refractivity contribution in [1.29, 1.82) is 0 Å². The summed E-state index contributed by atoms with van der Waals surface area (Å²) in [5.41, 5.74) is 10.8. The monoisotopic (exact) mass is 489 g/mol. The summed E-state index contributed by atoms with van der Waals surface area (Å²) in [6.45, 7) is 3.32. The zero-order chi connectivity index (χ0) is 26.6. The predicted molar refractivity (Wildman–Crippen MR) is 114 cm³/mol. The van der Waals surface area contributed by atoms with Crippen molar-refractivity contribution in [3.05, 3.63) is 0 Å². The van der Waals surface area contributed by atoms with Gasteiger partial charge in [-0.05, 0) is 18.8 Å². The molecule has 0 saturated heterocycles. The Kier molecular flexibility index (Phi) is 12.8. The fraction of sp³-hybridized carbons (Fsp3) is 0.632. The van der Waals surface area contributed by atoms with Gasteiger partial charge >= 0.3 is 17.9 Å². The molecular weight excluding hydrogens is 458 g/mol. The van der Waals surface area contributed by atoms with Crippen LogP contribution in [0, 0.1) is 5.92 Å². The third-order valence-corrected chi connectivity index (χ3v) is 4.61. The second kappa shape index (κ2) is 14.4. The van der Waals surface area contributed by atoms with Crippen LogP contribution in [0.4, 0.5) is 0 Å². The van der Waals surface area contributed by atoms with Gasteiger partial charge in [-0.2, -0.15) is 0 Å². The molecule has 4 atom stereocenters. The van der Waals surface area contributed by atoms with Crippen LogP contribution in [0.25, 0.3) is 0 Å². The van der Waals surface area contributed by atoms with Gasteiger partial charge in [0.25, 0.3) is 0 Å². The van der Waals surface area contributed by atoms with Gasteiger partial charge in [-0.1, -0.05) is 13.8 Å². The summed E-state index contributed by atoms with van der Waals surface area (Å²) in [5, 5.41) is 33.3. The summed E-state index contributed by atoms with van der Waals surface area (Å²) in [5.74, 6) is -8.44. The number of carbonyl (C=O) groups excluding carboxylic acids is 4. The first-order valence-electron chi connectivity index (χ1n) is 10.3. The van der Waals surface area contributed by atoms with Gasteiger partial charge < -0.3 is 42.7 Å². The Hall–Kier alpha value is -3.75. The highest BCUT2D eigenvalue weighted by atomic mass is 16.4. The number of carboxylic acid groups (broad SMARTS) is 3. The van der Waals surface area contributed by atoms with E-state index in [-0.39, 0.29) is 18.8 Å². The average Bonchev–Trinajstić information content (AvgIpc) is 2.71. The number of primary amides is 1. The molecule has 0 rings (SSSR count). The molecular formula is C19H31N5O10. The number of nitrogens with two attached hydrogens (primary N) is 2. The Labute approximate surface area is 194 Å². The number of carboxylic acids is 3. The highest BCUT2D eigenvalue weighted by Crippen LogP contribution is 2.06. The number of hydrogen-bond donors (Lipinski definition) is 8. The minimum absolute atomic E-state index is 0.262. The summed E-state index contributed by atoms with van der Waals surface area (Å²) >= 11 is 0. The second-order valence-electron chi connectivity index (χ2n) is 7.83. The van der Waals surface area contributed by atoms with E-state index < -0.39 is 85.0 Å². The van der Waals surface area contributed by atoms with Crippen molar-refractivity contribution >= 4 is 41.5 Å². The van der Waals surface area contributed by atoms with E-state index in [4.69, 9.17) is 26.8 Å². The van der Waals surface area contributed by atoms with Gasteiger partial charge in [0.05, 0.1) is 12.5 Å². The van der Waals surface area contributed by atoms with Crippen LogP contribution in [0.3, 0.4) is 0 Å². The molecule has 15 heteroatoms. The zero-order valence-electron chi connectivity index (χ0n) is 18.8. The molecule has 15 nitrogen and oxygen atoms in total. The minimum atomic E-state index is -1.84. The quantitative estimate of drug-likeness (QED) is 0.109. The van der Waals surface area contributed by atoms with Crippen molar-refractivity contribution in [2.75, 3.05) is 0 Å². The maximum Gasteiger partial charge on any atom is 0.326 e. The van der Waals surface area contributed by atoms with Crippen molar-refractivity contribution in [3.63, 3.8) is 0 Å². The van der Waals surface area contributed by atoms with Crippen molar-refractivity contribution < 1.29 is 48.9 Å². The van der Waals surface area contributed by atoms with E-state index in [0.29, 0.717) is 0 Å². The zero-order valence-corrected chi connectivity index (χ0v) is 18.8. The van der Waals surface area contributed by atoms with Crippen molar-refractivity contribution in [1.82, 2.24) is 16.0 Å². The summed E-state index contributed by atoms with van der Waals surface area (Å²) in [6, 6.07) is -5.81. The predicted octanol–water partition coefficient (Wildman–Crippen LogP) is -2.89. The molecule has 0 aromatic carbocycles. The van der Waals surface area contributed by atoms with Crippen LogP contribution in [-0.4, -0.2) is 81.0 Å². The lowest BCUT2D eigenvalue weighted by molar-refractivity contribution is -0.147. The first-order valence-corrected chi connectivity index (χ1v) is 10.3. The van der Waals surface area contributed by atoms with Crippen molar-refractivity contribution in [2.45, 2.75) is 70.1 Å². The molecule has 192 valence electrons. The van der Waals surface area contributed by atoms with Crippen LogP contribution in [0.5, 0.6) is 0 Å². The van der Waals surface area contributed by atoms with Crippen molar-refractivity contribution in [2.24, 2.45) is 17.4 Å². The smallest absolute Gasteiger partial charge is 0.326 e. The molecule has 0 aliphatic rings. The first kappa shape index (κ1) is 30.2. The molecule has 0 aromatic heterocycles. The molecule has 0 bridgehead atoms. The number of carbonyl (C=O) groups is 7. The molecule has 0 heterocycles.